The quantitative estimate of drug-likeness (QED) is 0.302. The van der Waals surface area contributed by atoms with Crippen molar-refractivity contribution in [1.82, 2.24) is 16.0 Å². The first-order chi connectivity index (χ1) is 18.8. The second kappa shape index (κ2) is 15.6. The molecule has 3 N–H and O–H groups in total. The Balaban J connectivity index is 2.11. The highest BCUT2D eigenvalue weighted by Gasteiger charge is 2.36. The van der Waals surface area contributed by atoms with Crippen molar-refractivity contribution < 1.29 is 28.7 Å². The van der Waals surface area contributed by atoms with Crippen molar-refractivity contribution >= 4 is 23.9 Å². The van der Waals surface area contributed by atoms with Gasteiger partial charge < -0.3 is 25.4 Å². The van der Waals surface area contributed by atoms with E-state index in [0.717, 1.165) is 37.7 Å². The zero-order chi connectivity index (χ0) is 29.8. The van der Waals surface area contributed by atoms with E-state index < -0.39 is 29.7 Å². The lowest BCUT2D eigenvalue weighted by atomic mass is 9.71. The van der Waals surface area contributed by atoms with Crippen molar-refractivity contribution in [2.45, 2.75) is 110 Å². The molecule has 0 spiro atoms. The van der Waals surface area contributed by atoms with Gasteiger partial charge in [-0.3, -0.25) is 9.59 Å². The van der Waals surface area contributed by atoms with Crippen LogP contribution in [0.1, 0.15) is 91.5 Å². The molecule has 0 unspecified atom stereocenters. The average Bonchev–Trinajstić information content (AvgIpc) is 2.86. The number of alkyl carbamates (subject to hydrolysis) is 1. The van der Waals surface area contributed by atoms with Gasteiger partial charge in [0.25, 0.3) is 0 Å². The third-order valence-electron chi connectivity index (χ3n) is 7.11. The first kappa shape index (κ1) is 33.1. The zero-order valence-corrected chi connectivity index (χ0v) is 25.1. The topological polar surface area (TPSA) is 123 Å². The number of ether oxygens (including phenoxy) is 2. The molecule has 1 fully saturated rings. The predicted octanol–water partition coefficient (Wildman–Crippen LogP) is 4.67. The number of amides is 3. The van der Waals surface area contributed by atoms with Gasteiger partial charge in [-0.2, -0.15) is 0 Å². The summed E-state index contributed by atoms with van der Waals surface area (Å²) in [5.74, 6) is -0.780. The van der Waals surface area contributed by atoms with Crippen LogP contribution in [0, 0.1) is 11.3 Å². The number of esters is 1. The Bertz CT molecular complexity index is 967. The van der Waals surface area contributed by atoms with Crippen molar-refractivity contribution in [3.05, 3.63) is 35.9 Å². The van der Waals surface area contributed by atoms with E-state index in [9.17, 15) is 19.2 Å². The van der Waals surface area contributed by atoms with E-state index in [1.807, 2.05) is 65.0 Å². The molecule has 1 aliphatic carbocycles. The van der Waals surface area contributed by atoms with Crippen LogP contribution in [0.15, 0.2) is 30.3 Å². The maximum Gasteiger partial charge on any atom is 0.407 e. The van der Waals surface area contributed by atoms with Crippen LogP contribution in [0.4, 0.5) is 4.79 Å². The Morgan fingerprint density at radius 2 is 1.60 bits per heavy atom. The number of rotatable bonds is 13. The lowest BCUT2D eigenvalue weighted by Crippen LogP contribution is -2.48. The standard InChI is InChI=1S/C31H49N3O6/c1-22(2)17-25(28(37)39-6)34-26(35)19-24(18-23-13-9-7-10-14-23)33-27(36)20-31(15-11-8-12-16-31)21-32-29(38)40-30(3,4)5/h7,9-10,13-14,22,24-25H,8,11-12,15-21H2,1-6H3,(H,32,38)(H,33,36)(H,34,35)/t24-,25-/m0/s1. The first-order valence-corrected chi connectivity index (χ1v) is 14.5. The minimum Gasteiger partial charge on any atom is -0.467 e. The van der Waals surface area contributed by atoms with Crippen molar-refractivity contribution in [3.63, 3.8) is 0 Å². The summed E-state index contributed by atoms with van der Waals surface area (Å²) in [6.07, 6.45) is 5.45. The van der Waals surface area contributed by atoms with Gasteiger partial charge >= 0.3 is 12.1 Å². The third-order valence-corrected chi connectivity index (χ3v) is 7.11. The Hall–Kier alpha value is -3.10. The number of methoxy groups -OCH3 is 1. The summed E-state index contributed by atoms with van der Waals surface area (Å²) in [6.45, 7) is 9.74. The molecule has 0 saturated heterocycles. The Kier molecular flexibility index (Phi) is 12.9. The highest BCUT2D eigenvalue weighted by molar-refractivity contribution is 5.85. The van der Waals surface area contributed by atoms with E-state index in [2.05, 4.69) is 16.0 Å². The highest BCUT2D eigenvalue weighted by atomic mass is 16.6. The Labute approximate surface area is 239 Å². The molecule has 0 heterocycles. The smallest absolute Gasteiger partial charge is 0.407 e. The summed E-state index contributed by atoms with van der Waals surface area (Å²) in [5.41, 5.74) is 0.0202. The van der Waals surface area contributed by atoms with Crippen molar-refractivity contribution in [3.8, 4) is 0 Å². The molecule has 1 saturated carbocycles. The van der Waals surface area contributed by atoms with Gasteiger partial charge in [-0.05, 0) is 63.4 Å². The molecule has 40 heavy (non-hydrogen) atoms. The number of nitrogens with one attached hydrogen (secondary N) is 3. The molecular formula is C31H49N3O6. The zero-order valence-electron chi connectivity index (χ0n) is 25.1. The molecule has 1 aromatic rings. The lowest BCUT2D eigenvalue weighted by Gasteiger charge is -2.37. The largest absolute Gasteiger partial charge is 0.467 e. The Morgan fingerprint density at radius 3 is 2.17 bits per heavy atom. The van der Waals surface area contributed by atoms with E-state index >= 15 is 0 Å². The van der Waals surface area contributed by atoms with Crippen molar-refractivity contribution in [1.29, 1.82) is 0 Å². The fraction of sp³-hybridized carbons (Fsp3) is 0.677. The average molecular weight is 560 g/mol. The number of hydrogen-bond donors (Lipinski definition) is 3. The first-order valence-electron chi connectivity index (χ1n) is 14.5. The van der Waals surface area contributed by atoms with Crippen LogP contribution in [0.5, 0.6) is 0 Å². The molecule has 0 radical (unpaired) electrons. The van der Waals surface area contributed by atoms with Crippen LogP contribution in [0.3, 0.4) is 0 Å². The fourth-order valence-corrected chi connectivity index (χ4v) is 5.29. The molecule has 9 heteroatoms. The van der Waals surface area contributed by atoms with Crippen LogP contribution in [-0.2, 0) is 30.3 Å². The van der Waals surface area contributed by atoms with E-state index in [-0.39, 0.29) is 36.0 Å². The van der Waals surface area contributed by atoms with Crippen LogP contribution >= 0.6 is 0 Å². The van der Waals surface area contributed by atoms with Gasteiger partial charge in [0, 0.05) is 25.4 Å². The van der Waals surface area contributed by atoms with Gasteiger partial charge in [-0.15, -0.1) is 0 Å². The van der Waals surface area contributed by atoms with E-state index in [0.29, 0.717) is 19.4 Å². The summed E-state index contributed by atoms with van der Waals surface area (Å²) in [5, 5.41) is 8.78. The monoisotopic (exact) mass is 559 g/mol. The summed E-state index contributed by atoms with van der Waals surface area (Å²) in [4.78, 5) is 51.1. The third kappa shape index (κ3) is 12.4. The molecule has 1 aliphatic rings. The number of hydrogen-bond acceptors (Lipinski definition) is 6. The Morgan fingerprint density at radius 1 is 0.950 bits per heavy atom. The second-order valence-corrected chi connectivity index (χ2v) is 12.5. The summed E-state index contributed by atoms with van der Waals surface area (Å²) in [7, 11) is 1.30. The number of benzene rings is 1. The van der Waals surface area contributed by atoms with Gasteiger partial charge in [0.15, 0.2) is 0 Å². The maximum atomic E-state index is 13.4. The van der Waals surface area contributed by atoms with Gasteiger partial charge in [0.05, 0.1) is 7.11 Å². The molecule has 9 nitrogen and oxygen atoms in total. The van der Waals surface area contributed by atoms with Gasteiger partial charge in [-0.25, -0.2) is 9.59 Å². The van der Waals surface area contributed by atoms with Gasteiger partial charge in [0.2, 0.25) is 11.8 Å². The minimum absolute atomic E-state index is 0.0232. The minimum atomic E-state index is -0.741. The second-order valence-electron chi connectivity index (χ2n) is 12.5. The van der Waals surface area contributed by atoms with Gasteiger partial charge in [0.1, 0.15) is 11.6 Å². The van der Waals surface area contributed by atoms with Crippen LogP contribution in [-0.4, -0.2) is 55.2 Å². The number of carbonyl (C=O) groups excluding carboxylic acids is 4. The highest BCUT2D eigenvalue weighted by Crippen LogP contribution is 2.39. The molecule has 2 rings (SSSR count). The summed E-state index contributed by atoms with van der Waals surface area (Å²) >= 11 is 0. The molecule has 0 aromatic heterocycles. The normalized spacial score (nSPS) is 16.4. The molecule has 0 bridgehead atoms. The molecule has 0 aliphatic heterocycles. The predicted molar refractivity (Wildman–Crippen MR) is 154 cm³/mol. The molecule has 1 aromatic carbocycles. The number of carbonyl (C=O) groups is 4. The van der Waals surface area contributed by atoms with E-state index in [4.69, 9.17) is 9.47 Å². The van der Waals surface area contributed by atoms with Crippen molar-refractivity contribution in [2.75, 3.05) is 13.7 Å². The SMILES string of the molecule is COC(=O)[C@H](CC(C)C)NC(=O)C[C@H](Cc1ccccc1)NC(=O)CC1(CNC(=O)OC(C)(C)C)CCCCC1. The summed E-state index contributed by atoms with van der Waals surface area (Å²) < 4.78 is 10.3. The van der Waals surface area contributed by atoms with Crippen LogP contribution < -0.4 is 16.0 Å². The molecule has 224 valence electrons. The van der Waals surface area contributed by atoms with Gasteiger partial charge in [-0.1, -0.05) is 63.4 Å². The van der Waals surface area contributed by atoms with E-state index in [1.165, 1.54) is 7.11 Å². The molecule has 3 amide bonds. The maximum absolute atomic E-state index is 13.4. The van der Waals surface area contributed by atoms with Crippen LogP contribution in [0.2, 0.25) is 0 Å². The summed E-state index contributed by atoms with van der Waals surface area (Å²) in [6, 6.07) is 8.47. The lowest BCUT2D eigenvalue weighted by molar-refractivity contribution is -0.145. The fourth-order valence-electron chi connectivity index (χ4n) is 5.29. The molecule has 2 atom stereocenters. The van der Waals surface area contributed by atoms with Crippen LogP contribution in [0.25, 0.3) is 0 Å². The molecular weight excluding hydrogens is 510 g/mol. The van der Waals surface area contributed by atoms with E-state index in [1.54, 1.807) is 0 Å². The van der Waals surface area contributed by atoms with Crippen molar-refractivity contribution in [2.24, 2.45) is 11.3 Å².